The number of aliphatic hydroxyl groups excluding tert-OH is 1. The van der Waals surface area contributed by atoms with Gasteiger partial charge in [-0.25, -0.2) is 0 Å². The van der Waals surface area contributed by atoms with E-state index in [2.05, 4.69) is 11.8 Å². The average Bonchev–Trinajstić information content (AvgIpc) is 2.38. The smallest absolute Gasteiger partial charge is 0.125 e. The first kappa shape index (κ1) is 14.8. The maximum atomic E-state index is 9.09. The molecule has 1 rings (SSSR count). The lowest BCUT2D eigenvalue weighted by Gasteiger charge is -2.22. The lowest BCUT2D eigenvalue weighted by Crippen LogP contribution is -2.27. The van der Waals surface area contributed by atoms with Crippen molar-refractivity contribution in [1.29, 1.82) is 0 Å². The molecule has 102 valence electrons. The van der Waals surface area contributed by atoms with E-state index >= 15 is 0 Å². The maximum absolute atomic E-state index is 9.09. The van der Waals surface area contributed by atoms with Gasteiger partial charge in [-0.15, -0.1) is 0 Å². The summed E-state index contributed by atoms with van der Waals surface area (Å²) in [5, 5.41) is 9.09. The molecule has 0 unspecified atom stereocenters. The Morgan fingerprint density at radius 3 is 2.72 bits per heavy atom. The van der Waals surface area contributed by atoms with E-state index in [1.165, 1.54) is 0 Å². The molecule has 0 saturated carbocycles. The van der Waals surface area contributed by atoms with Gasteiger partial charge in [-0.05, 0) is 19.0 Å². The molecule has 0 spiro atoms. The largest absolute Gasteiger partial charge is 0.496 e. The van der Waals surface area contributed by atoms with Crippen LogP contribution >= 0.6 is 0 Å². The van der Waals surface area contributed by atoms with E-state index < -0.39 is 0 Å². The molecule has 0 aliphatic rings. The zero-order valence-electron chi connectivity index (χ0n) is 11.4. The molecule has 0 aromatic heterocycles. The Balaban J connectivity index is 2.72. The zero-order valence-corrected chi connectivity index (χ0v) is 11.4. The molecule has 1 aromatic carbocycles. The second-order valence-corrected chi connectivity index (χ2v) is 4.42. The fraction of sp³-hybridized carbons (Fsp3) is 0.571. The molecular weight excluding hydrogens is 228 g/mol. The standard InChI is InChI=1S/C14H24N2O2/c1-3-4-7-16(8-9-17)11-12-5-6-13(15)10-14(12)18-2/h5-6,10,17H,3-4,7-9,11,15H2,1-2H3. The molecule has 0 aliphatic carbocycles. The van der Waals surface area contributed by atoms with Gasteiger partial charge in [0.2, 0.25) is 0 Å². The highest BCUT2D eigenvalue weighted by molar-refractivity contribution is 5.48. The lowest BCUT2D eigenvalue weighted by molar-refractivity contribution is 0.187. The maximum Gasteiger partial charge on any atom is 0.125 e. The Kier molecular flexibility index (Phi) is 6.54. The van der Waals surface area contributed by atoms with E-state index in [1.54, 1.807) is 7.11 Å². The molecule has 18 heavy (non-hydrogen) atoms. The van der Waals surface area contributed by atoms with Gasteiger partial charge in [0, 0.05) is 30.4 Å². The molecule has 0 amide bonds. The average molecular weight is 252 g/mol. The molecule has 0 radical (unpaired) electrons. The number of methoxy groups -OCH3 is 1. The number of ether oxygens (including phenoxy) is 1. The van der Waals surface area contributed by atoms with Crippen molar-refractivity contribution in [3.05, 3.63) is 23.8 Å². The van der Waals surface area contributed by atoms with E-state index in [4.69, 9.17) is 15.6 Å². The zero-order chi connectivity index (χ0) is 13.4. The Bertz CT molecular complexity index is 356. The monoisotopic (exact) mass is 252 g/mol. The minimum Gasteiger partial charge on any atom is -0.496 e. The highest BCUT2D eigenvalue weighted by Gasteiger charge is 2.09. The van der Waals surface area contributed by atoms with Crippen LogP contribution in [0.3, 0.4) is 0 Å². The molecule has 4 nitrogen and oxygen atoms in total. The quantitative estimate of drug-likeness (QED) is 0.693. The van der Waals surface area contributed by atoms with Crippen molar-refractivity contribution < 1.29 is 9.84 Å². The van der Waals surface area contributed by atoms with Gasteiger partial charge in [0.25, 0.3) is 0 Å². The summed E-state index contributed by atoms with van der Waals surface area (Å²) in [5.41, 5.74) is 7.55. The number of hydrogen-bond donors (Lipinski definition) is 2. The second-order valence-electron chi connectivity index (χ2n) is 4.42. The van der Waals surface area contributed by atoms with Crippen LogP contribution < -0.4 is 10.5 Å². The van der Waals surface area contributed by atoms with E-state index in [1.807, 2.05) is 18.2 Å². The predicted molar refractivity (Wildman–Crippen MR) is 74.7 cm³/mol. The van der Waals surface area contributed by atoms with Crippen LogP contribution in [0.4, 0.5) is 5.69 Å². The van der Waals surface area contributed by atoms with E-state index in [-0.39, 0.29) is 6.61 Å². The van der Waals surface area contributed by atoms with Crippen LogP contribution in [0.15, 0.2) is 18.2 Å². The summed E-state index contributed by atoms with van der Waals surface area (Å²) in [6.45, 7) is 4.81. The van der Waals surface area contributed by atoms with Crippen molar-refractivity contribution in [2.24, 2.45) is 0 Å². The minimum atomic E-state index is 0.182. The summed E-state index contributed by atoms with van der Waals surface area (Å²) in [5.74, 6) is 0.814. The van der Waals surface area contributed by atoms with Crippen LogP contribution in [-0.4, -0.2) is 36.8 Å². The summed E-state index contributed by atoms with van der Waals surface area (Å²) >= 11 is 0. The molecule has 0 aliphatic heterocycles. The number of nitrogens with zero attached hydrogens (tertiary/aromatic N) is 1. The van der Waals surface area contributed by atoms with Crippen LogP contribution in [0.25, 0.3) is 0 Å². The molecule has 0 atom stereocenters. The summed E-state index contributed by atoms with van der Waals surface area (Å²) in [4.78, 5) is 2.23. The third-order valence-electron chi connectivity index (χ3n) is 2.95. The molecule has 0 heterocycles. The van der Waals surface area contributed by atoms with Crippen LogP contribution in [0.5, 0.6) is 5.75 Å². The number of nitrogen functional groups attached to an aromatic ring is 1. The van der Waals surface area contributed by atoms with Gasteiger partial charge in [0.1, 0.15) is 5.75 Å². The summed E-state index contributed by atoms with van der Waals surface area (Å²) in [7, 11) is 1.65. The third kappa shape index (κ3) is 4.55. The van der Waals surface area contributed by atoms with Gasteiger partial charge in [0.05, 0.1) is 13.7 Å². The molecule has 4 heteroatoms. The Morgan fingerprint density at radius 1 is 1.33 bits per heavy atom. The molecule has 0 saturated heterocycles. The first-order valence-electron chi connectivity index (χ1n) is 6.46. The van der Waals surface area contributed by atoms with Crippen molar-refractivity contribution in [3.8, 4) is 5.75 Å². The van der Waals surface area contributed by atoms with Crippen molar-refractivity contribution in [1.82, 2.24) is 4.90 Å². The van der Waals surface area contributed by atoms with Crippen LogP contribution in [-0.2, 0) is 6.54 Å². The van der Waals surface area contributed by atoms with Gasteiger partial charge in [-0.3, -0.25) is 4.90 Å². The predicted octanol–water partition coefficient (Wildman–Crippen LogP) is 1.87. The number of benzene rings is 1. The van der Waals surface area contributed by atoms with Crippen LogP contribution in [0.1, 0.15) is 25.3 Å². The highest BCUT2D eigenvalue weighted by Crippen LogP contribution is 2.23. The van der Waals surface area contributed by atoms with E-state index in [0.717, 1.165) is 37.2 Å². The summed E-state index contributed by atoms with van der Waals surface area (Å²) in [6, 6.07) is 5.71. The number of hydrogen-bond acceptors (Lipinski definition) is 4. The Labute approximate surface area is 109 Å². The number of nitrogens with two attached hydrogens (primary N) is 1. The number of aliphatic hydroxyl groups is 1. The van der Waals surface area contributed by atoms with Gasteiger partial charge in [-0.2, -0.15) is 0 Å². The second kappa shape index (κ2) is 7.95. The Morgan fingerprint density at radius 2 is 2.11 bits per heavy atom. The normalized spacial score (nSPS) is 10.9. The Hall–Kier alpha value is -1.26. The first-order valence-corrected chi connectivity index (χ1v) is 6.46. The summed E-state index contributed by atoms with van der Waals surface area (Å²) in [6.07, 6.45) is 2.29. The first-order chi connectivity index (χ1) is 8.71. The van der Waals surface area contributed by atoms with Gasteiger partial charge >= 0.3 is 0 Å². The number of anilines is 1. The van der Waals surface area contributed by atoms with Crippen molar-refractivity contribution in [2.45, 2.75) is 26.3 Å². The van der Waals surface area contributed by atoms with Crippen molar-refractivity contribution >= 4 is 5.69 Å². The van der Waals surface area contributed by atoms with Gasteiger partial charge in [-0.1, -0.05) is 19.4 Å². The van der Waals surface area contributed by atoms with Crippen LogP contribution in [0.2, 0.25) is 0 Å². The van der Waals surface area contributed by atoms with Crippen molar-refractivity contribution in [2.75, 3.05) is 32.5 Å². The lowest BCUT2D eigenvalue weighted by atomic mass is 10.1. The van der Waals surface area contributed by atoms with Crippen LogP contribution in [0, 0.1) is 0 Å². The summed E-state index contributed by atoms with van der Waals surface area (Å²) < 4.78 is 5.34. The highest BCUT2D eigenvalue weighted by atomic mass is 16.5. The minimum absolute atomic E-state index is 0.182. The molecule has 3 N–H and O–H groups in total. The topological polar surface area (TPSA) is 58.7 Å². The van der Waals surface area contributed by atoms with E-state index in [0.29, 0.717) is 12.2 Å². The SMILES string of the molecule is CCCCN(CCO)Cc1ccc(N)cc1OC. The molecule has 1 aromatic rings. The molecule has 0 bridgehead atoms. The molecule has 0 fully saturated rings. The van der Waals surface area contributed by atoms with E-state index in [9.17, 15) is 0 Å². The number of rotatable bonds is 8. The fourth-order valence-electron chi connectivity index (χ4n) is 1.93. The van der Waals surface area contributed by atoms with Crippen molar-refractivity contribution in [3.63, 3.8) is 0 Å². The fourth-order valence-corrected chi connectivity index (χ4v) is 1.93. The van der Waals surface area contributed by atoms with Gasteiger partial charge in [0.15, 0.2) is 0 Å². The number of unbranched alkanes of at least 4 members (excludes halogenated alkanes) is 1. The van der Waals surface area contributed by atoms with Gasteiger partial charge < -0.3 is 15.6 Å². The molecular formula is C14H24N2O2. The third-order valence-corrected chi connectivity index (χ3v) is 2.95.